The van der Waals surface area contributed by atoms with Crippen molar-refractivity contribution in [3.63, 3.8) is 0 Å². The zero-order chi connectivity index (χ0) is 41.6. The van der Waals surface area contributed by atoms with Gasteiger partial charge in [-0.3, -0.25) is 4.79 Å². The molecule has 0 atom stereocenters. The van der Waals surface area contributed by atoms with Crippen LogP contribution < -0.4 is 4.90 Å². The summed E-state index contributed by atoms with van der Waals surface area (Å²) in [5.74, 6) is 0.0919. The molecule has 0 fully saturated rings. The number of ketones is 1. The molecule has 12 rings (SSSR count). The van der Waals surface area contributed by atoms with E-state index in [4.69, 9.17) is 0 Å². The minimum absolute atomic E-state index is 0.0919. The molecule has 2 heterocycles. The van der Waals surface area contributed by atoms with Gasteiger partial charge in [-0.25, -0.2) is 0 Å². The normalized spacial score (nSPS) is 14.5. The lowest BCUT2D eigenvalue weighted by Gasteiger charge is -2.46. The molecule has 0 saturated heterocycles. The van der Waals surface area contributed by atoms with Crippen molar-refractivity contribution in [1.82, 2.24) is 4.57 Å². The highest BCUT2D eigenvalue weighted by Gasteiger charge is 2.46. The third-order valence-electron chi connectivity index (χ3n) is 13.7. The largest absolute Gasteiger partial charge is 0.310 e. The maximum absolute atomic E-state index is 14.0. The molecule has 62 heavy (non-hydrogen) atoms. The predicted molar refractivity (Wildman–Crippen MR) is 255 cm³/mol. The molecule has 2 aliphatic rings. The second-order valence-corrected chi connectivity index (χ2v) is 17.2. The summed E-state index contributed by atoms with van der Waals surface area (Å²) < 4.78 is 2.41. The van der Waals surface area contributed by atoms with Gasteiger partial charge in [0, 0.05) is 38.7 Å². The van der Waals surface area contributed by atoms with Crippen molar-refractivity contribution in [2.24, 2.45) is 0 Å². The van der Waals surface area contributed by atoms with Gasteiger partial charge in [-0.15, -0.1) is 0 Å². The number of rotatable bonds is 5. The SMILES string of the molecule is CC1(C)c2ccccc2C(=O)c2cc(-c3ccc(N4c5ccccc5C(c5ccccc5)(c5ccccc5)c5ccc(-n6c7ccccc7c7ccccc76)cc54)cc3)ccc21. The Labute approximate surface area is 361 Å². The maximum Gasteiger partial charge on any atom is 0.193 e. The molecular formula is C59H42N2O. The molecule has 0 spiro atoms. The summed E-state index contributed by atoms with van der Waals surface area (Å²) in [5.41, 5.74) is 16.5. The number of benzene rings is 9. The number of fused-ring (bicyclic) bond motifs is 7. The smallest absolute Gasteiger partial charge is 0.193 e. The first-order chi connectivity index (χ1) is 30.4. The maximum atomic E-state index is 14.0. The van der Waals surface area contributed by atoms with Crippen LogP contribution in [0.1, 0.15) is 63.1 Å². The Morgan fingerprint density at radius 2 is 0.887 bits per heavy atom. The molecule has 9 aromatic carbocycles. The van der Waals surface area contributed by atoms with Crippen molar-refractivity contribution < 1.29 is 4.79 Å². The van der Waals surface area contributed by atoms with E-state index in [1.807, 2.05) is 18.2 Å². The van der Waals surface area contributed by atoms with Crippen molar-refractivity contribution in [2.45, 2.75) is 24.7 Å². The summed E-state index contributed by atoms with van der Waals surface area (Å²) in [5, 5.41) is 2.47. The van der Waals surface area contributed by atoms with Gasteiger partial charge < -0.3 is 9.47 Å². The molecule has 3 heteroatoms. The lowest BCUT2D eigenvalue weighted by atomic mass is 9.62. The van der Waals surface area contributed by atoms with Crippen LogP contribution >= 0.6 is 0 Å². The zero-order valence-corrected chi connectivity index (χ0v) is 34.6. The fourth-order valence-corrected chi connectivity index (χ4v) is 10.8. The van der Waals surface area contributed by atoms with E-state index in [2.05, 4.69) is 224 Å². The number of hydrogen-bond donors (Lipinski definition) is 0. The van der Waals surface area contributed by atoms with Crippen LogP contribution in [0.25, 0.3) is 38.6 Å². The molecule has 0 unspecified atom stereocenters. The summed E-state index contributed by atoms with van der Waals surface area (Å²) in [7, 11) is 0. The van der Waals surface area contributed by atoms with Gasteiger partial charge in [0.2, 0.25) is 0 Å². The average Bonchev–Trinajstić information content (AvgIpc) is 3.67. The topological polar surface area (TPSA) is 25.2 Å². The standard InChI is InChI=1S/C59H42N2O/c1-58(2)49-24-12-9-23-47(49)57(62)48-37-40(31-35-50(48)58)39-29-32-43(33-30-39)60-55-28-16-13-25-51(55)59(41-17-5-3-6-18-41,42-19-7-4-8-20-42)52-36-34-44(38-56(52)60)61-53-26-14-10-21-45(53)46-22-11-15-27-54(46)61/h3-38H,1-2H3. The van der Waals surface area contributed by atoms with Crippen LogP contribution in [-0.2, 0) is 10.8 Å². The third-order valence-corrected chi connectivity index (χ3v) is 13.7. The van der Waals surface area contributed by atoms with Crippen molar-refractivity contribution in [2.75, 3.05) is 4.90 Å². The summed E-state index contributed by atoms with van der Waals surface area (Å²) in [6.07, 6.45) is 0. The fraction of sp³-hybridized carbons (Fsp3) is 0.0678. The van der Waals surface area contributed by atoms with Gasteiger partial charge in [0.05, 0.1) is 27.8 Å². The molecule has 10 aromatic rings. The van der Waals surface area contributed by atoms with Crippen LogP contribution in [0.4, 0.5) is 17.1 Å². The molecule has 0 amide bonds. The molecule has 3 nitrogen and oxygen atoms in total. The molecule has 1 aliphatic carbocycles. The summed E-state index contributed by atoms with van der Waals surface area (Å²) in [6.45, 7) is 4.44. The number of hydrogen-bond acceptors (Lipinski definition) is 2. The van der Waals surface area contributed by atoms with Crippen molar-refractivity contribution in [3.8, 4) is 16.8 Å². The van der Waals surface area contributed by atoms with E-state index in [0.717, 1.165) is 56.1 Å². The van der Waals surface area contributed by atoms with Crippen molar-refractivity contribution in [1.29, 1.82) is 0 Å². The Balaban J connectivity index is 1.07. The van der Waals surface area contributed by atoms with Gasteiger partial charge in [-0.1, -0.05) is 184 Å². The summed E-state index contributed by atoms with van der Waals surface area (Å²) in [6, 6.07) is 78.8. The van der Waals surface area contributed by atoms with E-state index >= 15 is 0 Å². The first kappa shape index (κ1) is 36.1. The number of para-hydroxylation sites is 3. The third kappa shape index (κ3) is 5.09. The van der Waals surface area contributed by atoms with E-state index < -0.39 is 5.41 Å². The second-order valence-electron chi connectivity index (χ2n) is 17.2. The molecule has 1 aromatic heterocycles. The molecule has 294 valence electrons. The highest BCUT2D eigenvalue weighted by Crippen LogP contribution is 2.58. The Morgan fingerprint density at radius 3 is 1.56 bits per heavy atom. The Morgan fingerprint density at radius 1 is 0.387 bits per heavy atom. The van der Waals surface area contributed by atoms with Crippen LogP contribution in [0.5, 0.6) is 0 Å². The van der Waals surface area contributed by atoms with Crippen LogP contribution in [0.15, 0.2) is 218 Å². The van der Waals surface area contributed by atoms with Crippen molar-refractivity contribution >= 4 is 44.7 Å². The van der Waals surface area contributed by atoms with Gasteiger partial charge in [0.15, 0.2) is 5.78 Å². The highest BCUT2D eigenvalue weighted by atomic mass is 16.1. The fourth-order valence-electron chi connectivity index (χ4n) is 10.8. The number of nitrogens with zero attached hydrogens (tertiary/aromatic N) is 2. The number of anilines is 3. The predicted octanol–water partition coefficient (Wildman–Crippen LogP) is 14.5. The van der Waals surface area contributed by atoms with Crippen LogP contribution in [0.2, 0.25) is 0 Å². The molecule has 0 bridgehead atoms. The summed E-state index contributed by atoms with van der Waals surface area (Å²) in [4.78, 5) is 16.4. The van der Waals surface area contributed by atoms with Crippen LogP contribution in [-0.4, -0.2) is 10.4 Å². The van der Waals surface area contributed by atoms with E-state index in [1.165, 1.54) is 44.1 Å². The van der Waals surface area contributed by atoms with Crippen LogP contribution in [0, 0.1) is 0 Å². The van der Waals surface area contributed by atoms with E-state index in [-0.39, 0.29) is 11.2 Å². The van der Waals surface area contributed by atoms with Crippen LogP contribution in [0.3, 0.4) is 0 Å². The van der Waals surface area contributed by atoms with E-state index in [1.54, 1.807) is 0 Å². The number of carbonyl (C=O) groups excluding carboxylic acids is 1. The molecule has 0 radical (unpaired) electrons. The molecular weight excluding hydrogens is 753 g/mol. The monoisotopic (exact) mass is 794 g/mol. The van der Waals surface area contributed by atoms with Gasteiger partial charge in [0.25, 0.3) is 0 Å². The van der Waals surface area contributed by atoms with Gasteiger partial charge in [0.1, 0.15) is 0 Å². The molecule has 0 N–H and O–H groups in total. The molecule has 1 aliphatic heterocycles. The first-order valence-corrected chi connectivity index (χ1v) is 21.5. The zero-order valence-electron chi connectivity index (χ0n) is 34.6. The lowest BCUT2D eigenvalue weighted by Crippen LogP contribution is -2.37. The Hall–Kier alpha value is -7.75. The molecule has 0 saturated carbocycles. The summed E-state index contributed by atoms with van der Waals surface area (Å²) >= 11 is 0. The second kappa shape index (κ2) is 13.6. The van der Waals surface area contributed by atoms with Gasteiger partial charge >= 0.3 is 0 Å². The first-order valence-electron chi connectivity index (χ1n) is 21.5. The van der Waals surface area contributed by atoms with Crippen molar-refractivity contribution in [3.05, 3.63) is 263 Å². The van der Waals surface area contributed by atoms with Gasteiger partial charge in [-0.2, -0.15) is 0 Å². The average molecular weight is 795 g/mol. The lowest BCUT2D eigenvalue weighted by molar-refractivity contribution is 0.103. The Kier molecular flexibility index (Phi) is 7.95. The number of carbonyl (C=O) groups is 1. The quantitative estimate of drug-likeness (QED) is 0.173. The minimum Gasteiger partial charge on any atom is -0.310 e. The number of aromatic nitrogens is 1. The van der Waals surface area contributed by atoms with Gasteiger partial charge in [-0.05, 0) is 93.0 Å². The Bertz CT molecular complexity index is 3300. The highest BCUT2D eigenvalue weighted by molar-refractivity contribution is 6.14. The van der Waals surface area contributed by atoms with E-state index in [9.17, 15) is 4.79 Å². The minimum atomic E-state index is -0.605. The van der Waals surface area contributed by atoms with E-state index in [0.29, 0.717) is 0 Å².